The van der Waals surface area contributed by atoms with E-state index in [9.17, 15) is 32.3 Å². The molecule has 1 aliphatic heterocycles. The van der Waals surface area contributed by atoms with Gasteiger partial charge >= 0.3 is 18.5 Å². The molecule has 0 bridgehead atoms. The first-order valence-electron chi connectivity index (χ1n) is 10.1. The average Bonchev–Trinajstić information content (AvgIpc) is 3.25. The number of likely N-dealkylation sites (tertiary alicyclic amines) is 1. The fourth-order valence-corrected chi connectivity index (χ4v) is 3.36. The zero-order chi connectivity index (χ0) is 25.6. The highest BCUT2D eigenvalue weighted by Crippen LogP contribution is 2.31. The van der Waals surface area contributed by atoms with E-state index in [1.54, 1.807) is 0 Å². The van der Waals surface area contributed by atoms with Crippen LogP contribution in [0.25, 0.3) is 0 Å². The molecule has 16 heteroatoms. The lowest BCUT2D eigenvalue weighted by molar-refractivity contribution is -0.325. The number of hydrogen-bond donors (Lipinski definition) is 2. The summed E-state index contributed by atoms with van der Waals surface area (Å²) in [5.41, 5.74) is 0. The van der Waals surface area contributed by atoms with E-state index in [-0.39, 0.29) is 29.6 Å². The van der Waals surface area contributed by atoms with E-state index in [0.29, 0.717) is 6.42 Å². The van der Waals surface area contributed by atoms with Crippen molar-refractivity contribution in [1.29, 1.82) is 0 Å². The molecule has 0 saturated carbocycles. The van der Waals surface area contributed by atoms with Gasteiger partial charge in [-0.25, -0.2) is 9.18 Å². The number of ether oxygens (including phenoxy) is 3. The van der Waals surface area contributed by atoms with Gasteiger partial charge in [-0.05, 0) is 25.0 Å². The lowest BCUT2D eigenvalue weighted by Gasteiger charge is -2.36. The van der Waals surface area contributed by atoms with Crippen LogP contribution in [0.1, 0.15) is 24.8 Å². The summed E-state index contributed by atoms with van der Waals surface area (Å²) in [7, 11) is 0. The molecular formula is C19H19ClF4N4O7. The third-order valence-corrected chi connectivity index (χ3v) is 5.04. The summed E-state index contributed by atoms with van der Waals surface area (Å²) in [6.07, 6.45) is -6.03. The molecule has 2 aromatic rings. The summed E-state index contributed by atoms with van der Waals surface area (Å²) in [4.78, 5) is 24.9. The van der Waals surface area contributed by atoms with E-state index in [1.807, 2.05) is 0 Å². The highest BCUT2D eigenvalue weighted by atomic mass is 35.5. The summed E-state index contributed by atoms with van der Waals surface area (Å²) < 4.78 is 68.2. The molecule has 35 heavy (non-hydrogen) atoms. The predicted octanol–water partition coefficient (Wildman–Crippen LogP) is 3.16. The largest absolute Gasteiger partial charge is 0.522 e. The Morgan fingerprint density at radius 1 is 1.23 bits per heavy atom. The van der Waals surface area contributed by atoms with Crippen LogP contribution in [0.4, 0.5) is 22.4 Å². The Balaban J connectivity index is 1.50. The third-order valence-electron chi connectivity index (χ3n) is 4.74. The molecule has 0 unspecified atom stereocenters. The van der Waals surface area contributed by atoms with Crippen molar-refractivity contribution in [2.45, 2.75) is 31.3 Å². The zero-order valence-electron chi connectivity index (χ0n) is 17.8. The SMILES string of the molecule is O=C(COc1ccc(Cl)c(F)c1)N[C@H]1CC[C@H](c2nnc(OCCOC(F)(F)F)o2)N(C(=O)O)C1. The molecule has 1 fully saturated rings. The van der Waals surface area contributed by atoms with E-state index in [1.165, 1.54) is 12.1 Å². The van der Waals surface area contributed by atoms with E-state index in [0.717, 1.165) is 11.0 Å². The normalized spacial score (nSPS) is 18.3. The Bertz CT molecular complexity index is 1040. The molecule has 1 saturated heterocycles. The van der Waals surface area contributed by atoms with Crippen molar-refractivity contribution < 1.29 is 50.9 Å². The first-order valence-corrected chi connectivity index (χ1v) is 10.4. The molecule has 1 aliphatic rings. The van der Waals surface area contributed by atoms with E-state index < -0.39 is 62.2 Å². The van der Waals surface area contributed by atoms with Crippen molar-refractivity contribution in [2.24, 2.45) is 0 Å². The zero-order valence-corrected chi connectivity index (χ0v) is 18.5. The maximum Gasteiger partial charge on any atom is 0.522 e. The number of nitrogens with one attached hydrogen (secondary N) is 1. The van der Waals surface area contributed by atoms with E-state index >= 15 is 0 Å². The molecule has 1 aromatic carbocycles. The first kappa shape index (κ1) is 26.3. The van der Waals surface area contributed by atoms with Gasteiger partial charge in [-0.1, -0.05) is 16.7 Å². The number of rotatable bonds is 9. The Morgan fingerprint density at radius 3 is 2.69 bits per heavy atom. The number of piperidine rings is 1. The summed E-state index contributed by atoms with van der Waals surface area (Å²) in [5, 5.41) is 19.4. The Morgan fingerprint density at radius 2 is 2.00 bits per heavy atom. The summed E-state index contributed by atoms with van der Waals surface area (Å²) in [6, 6.07) is 2.28. The maximum atomic E-state index is 13.4. The van der Waals surface area contributed by atoms with Gasteiger partial charge in [0.1, 0.15) is 24.2 Å². The number of nitrogens with zero attached hydrogens (tertiary/aromatic N) is 3. The lowest BCUT2D eigenvalue weighted by atomic mass is 9.98. The number of carboxylic acid groups (broad SMARTS) is 1. The van der Waals surface area contributed by atoms with Crippen LogP contribution in [0, 0.1) is 5.82 Å². The molecule has 3 rings (SSSR count). The minimum atomic E-state index is -4.81. The lowest BCUT2D eigenvalue weighted by Crippen LogP contribution is -2.51. The second kappa shape index (κ2) is 11.4. The standard InChI is InChI=1S/C19H19ClF4N4O7/c20-12-3-2-11(7-13(12)21)33-9-15(29)25-10-1-4-14(28(8-10)18(30)31)16-26-27-17(35-16)32-5-6-34-19(22,23)24/h2-3,7,10,14H,1,4-6,8-9H2,(H,25,29)(H,30,31)/t10-,14+/m0/s1. The molecular weight excluding hydrogens is 508 g/mol. The quantitative estimate of drug-likeness (QED) is 0.373. The van der Waals surface area contributed by atoms with Crippen LogP contribution in [-0.4, -0.2) is 71.0 Å². The fraction of sp³-hybridized carbons (Fsp3) is 0.474. The van der Waals surface area contributed by atoms with Crippen molar-refractivity contribution in [3.05, 3.63) is 34.9 Å². The van der Waals surface area contributed by atoms with Gasteiger partial charge in [0.05, 0.1) is 11.6 Å². The van der Waals surface area contributed by atoms with Crippen LogP contribution in [0.5, 0.6) is 11.8 Å². The van der Waals surface area contributed by atoms with Crippen molar-refractivity contribution in [2.75, 3.05) is 26.4 Å². The van der Waals surface area contributed by atoms with Gasteiger partial charge in [-0.2, -0.15) is 0 Å². The molecule has 0 spiro atoms. The molecule has 2 atom stereocenters. The average molecular weight is 527 g/mol. The topological polar surface area (TPSA) is 136 Å². The highest BCUT2D eigenvalue weighted by Gasteiger charge is 2.36. The molecule has 11 nitrogen and oxygen atoms in total. The highest BCUT2D eigenvalue weighted by molar-refractivity contribution is 6.30. The Labute approximate surface area is 199 Å². The Kier molecular flexibility index (Phi) is 8.56. The number of aromatic nitrogens is 2. The Hall–Kier alpha value is -3.33. The number of carbonyl (C=O) groups is 2. The smallest absolute Gasteiger partial charge is 0.484 e. The van der Waals surface area contributed by atoms with Gasteiger partial charge in [0.2, 0.25) is 5.89 Å². The van der Waals surface area contributed by atoms with Gasteiger partial charge in [0.15, 0.2) is 6.61 Å². The summed E-state index contributed by atoms with van der Waals surface area (Å²) >= 11 is 5.59. The second-order valence-electron chi connectivity index (χ2n) is 7.21. The van der Waals surface area contributed by atoms with Gasteiger partial charge < -0.3 is 24.3 Å². The molecule has 2 heterocycles. The van der Waals surface area contributed by atoms with E-state index in [4.69, 9.17) is 25.5 Å². The minimum absolute atomic E-state index is 0.0947. The van der Waals surface area contributed by atoms with Crippen molar-refractivity contribution in [3.63, 3.8) is 0 Å². The fourth-order valence-electron chi connectivity index (χ4n) is 3.24. The first-order chi connectivity index (χ1) is 16.5. The number of alkyl halides is 3. The van der Waals surface area contributed by atoms with Crippen molar-refractivity contribution in [1.82, 2.24) is 20.4 Å². The van der Waals surface area contributed by atoms with Gasteiger partial charge in [0.25, 0.3) is 5.91 Å². The van der Waals surface area contributed by atoms with Crippen LogP contribution in [0.3, 0.4) is 0 Å². The van der Waals surface area contributed by atoms with Crippen molar-refractivity contribution >= 4 is 23.6 Å². The molecule has 2 amide bonds. The van der Waals surface area contributed by atoms with E-state index in [2.05, 4.69) is 20.3 Å². The van der Waals surface area contributed by atoms with Crippen LogP contribution < -0.4 is 14.8 Å². The number of halogens is 5. The van der Waals surface area contributed by atoms with Crippen LogP contribution >= 0.6 is 11.6 Å². The molecule has 0 radical (unpaired) electrons. The molecule has 192 valence electrons. The summed E-state index contributed by atoms with van der Waals surface area (Å²) in [5.74, 6) is -1.28. The predicted molar refractivity (Wildman–Crippen MR) is 107 cm³/mol. The van der Waals surface area contributed by atoms with Gasteiger partial charge in [-0.15, -0.1) is 18.3 Å². The van der Waals surface area contributed by atoms with Crippen molar-refractivity contribution in [3.8, 4) is 11.8 Å². The van der Waals surface area contributed by atoms with Crippen LogP contribution in [-0.2, 0) is 9.53 Å². The van der Waals surface area contributed by atoms with Crippen LogP contribution in [0.2, 0.25) is 5.02 Å². The second-order valence-corrected chi connectivity index (χ2v) is 7.61. The minimum Gasteiger partial charge on any atom is -0.484 e. The van der Waals surface area contributed by atoms with Gasteiger partial charge in [-0.3, -0.25) is 14.4 Å². The van der Waals surface area contributed by atoms with Crippen LogP contribution in [0.15, 0.2) is 22.6 Å². The molecule has 1 aromatic heterocycles. The molecule has 0 aliphatic carbocycles. The number of carbonyl (C=O) groups excluding carboxylic acids is 1. The monoisotopic (exact) mass is 526 g/mol. The third kappa shape index (κ3) is 7.85. The number of benzene rings is 1. The summed E-state index contributed by atoms with van der Waals surface area (Å²) in [6.45, 7) is -1.87. The molecule has 2 N–H and O–H groups in total. The number of hydrogen-bond acceptors (Lipinski definition) is 8. The number of amides is 2. The van der Waals surface area contributed by atoms with Gasteiger partial charge in [0, 0.05) is 18.7 Å². The maximum absolute atomic E-state index is 13.4.